The van der Waals surface area contributed by atoms with Gasteiger partial charge in [-0.15, -0.1) is 5.54 Å². The molecule has 142 valence electrons. The SMILES string of the molecule is CC(C)(C)OC(=O)N1CCC(n2ncc(C=O)c2C#C[Si](C)(C)C)CC1. The van der Waals surface area contributed by atoms with Crippen molar-refractivity contribution in [2.24, 2.45) is 0 Å². The first-order valence-electron chi connectivity index (χ1n) is 9.04. The molecule has 0 radical (unpaired) electrons. The van der Waals surface area contributed by atoms with Crippen LogP contribution in [0.25, 0.3) is 0 Å². The second-order valence-electron chi connectivity index (χ2n) is 8.71. The van der Waals surface area contributed by atoms with E-state index in [2.05, 4.69) is 36.2 Å². The Kier molecular flexibility index (Phi) is 5.97. The number of rotatable bonds is 2. The third-order valence-electron chi connectivity index (χ3n) is 3.97. The molecule has 2 heterocycles. The number of carbonyl (C=O) groups is 2. The fourth-order valence-electron chi connectivity index (χ4n) is 2.73. The molecule has 0 spiro atoms. The van der Waals surface area contributed by atoms with Crippen LogP contribution in [-0.4, -0.2) is 53.8 Å². The molecular weight excluding hydrogens is 346 g/mol. The molecule has 0 N–H and O–H groups in total. The predicted octanol–water partition coefficient (Wildman–Crippen LogP) is 3.50. The minimum Gasteiger partial charge on any atom is -0.444 e. The number of carbonyl (C=O) groups excluding carboxylic acids is 2. The molecule has 1 aromatic heterocycles. The summed E-state index contributed by atoms with van der Waals surface area (Å²) in [7, 11) is -1.56. The maximum Gasteiger partial charge on any atom is 0.410 e. The lowest BCUT2D eigenvalue weighted by Crippen LogP contribution is -2.42. The number of aldehydes is 1. The highest BCUT2D eigenvalue weighted by atomic mass is 28.3. The van der Waals surface area contributed by atoms with Crippen LogP contribution in [0.1, 0.15) is 55.7 Å². The lowest BCUT2D eigenvalue weighted by Gasteiger charge is -2.33. The van der Waals surface area contributed by atoms with Crippen LogP contribution >= 0.6 is 0 Å². The summed E-state index contributed by atoms with van der Waals surface area (Å²) in [4.78, 5) is 25.3. The van der Waals surface area contributed by atoms with Crippen molar-refractivity contribution in [1.82, 2.24) is 14.7 Å². The van der Waals surface area contributed by atoms with Crippen LogP contribution in [0.4, 0.5) is 4.79 Å². The number of amides is 1. The topological polar surface area (TPSA) is 64.4 Å². The van der Waals surface area contributed by atoms with Crippen molar-refractivity contribution < 1.29 is 14.3 Å². The fraction of sp³-hybridized carbons (Fsp3) is 0.632. The van der Waals surface area contributed by atoms with Gasteiger partial charge in [0.25, 0.3) is 0 Å². The second-order valence-corrected chi connectivity index (χ2v) is 13.5. The summed E-state index contributed by atoms with van der Waals surface area (Å²) < 4.78 is 7.30. The van der Waals surface area contributed by atoms with Crippen LogP contribution in [-0.2, 0) is 4.74 Å². The summed E-state index contributed by atoms with van der Waals surface area (Å²) in [5.74, 6) is 3.19. The van der Waals surface area contributed by atoms with Gasteiger partial charge in [0, 0.05) is 13.1 Å². The molecule has 1 saturated heterocycles. The Balaban J connectivity index is 2.12. The first-order valence-corrected chi connectivity index (χ1v) is 12.5. The monoisotopic (exact) mass is 375 g/mol. The quantitative estimate of drug-likeness (QED) is 0.451. The molecule has 1 amide bonds. The number of aromatic nitrogens is 2. The molecule has 0 aliphatic carbocycles. The molecule has 1 fully saturated rings. The van der Waals surface area contributed by atoms with Gasteiger partial charge in [-0.05, 0) is 33.6 Å². The van der Waals surface area contributed by atoms with Crippen molar-refractivity contribution in [2.75, 3.05) is 13.1 Å². The van der Waals surface area contributed by atoms with Gasteiger partial charge in [-0.3, -0.25) is 9.48 Å². The molecule has 6 nitrogen and oxygen atoms in total. The van der Waals surface area contributed by atoms with Gasteiger partial charge in [0.2, 0.25) is 0 Å². The van der Waals surface area contributed by atoms with Gasteiger partial charge >= 0.3 is 6.09 Å². The van der Waals surface area contributed by atoms with Crippen molar-refractivity contribution >= 4 is 20.5 Å². The molecule has 0 saturated carbocycles. The zero-order valence-corrected chi connectivity index (χ0v) is 17.6. The van der Waals surface area contributed by atoms with Crippen LogP contribution in [0.2, 0.25) is 19.6 Å². The van der Waals surface area contributed by atoms with E-state index in [1.165, 1.54) is 0 Å². The molecule has 0 bridgehead atoms. The van der Waals surface area contributed by atoms with Crippen LogP contribution < -0.4 is 0 Å². The summed E-state index contributed by atoms with van der Waals surface area (Å²) in [5.41, 5.74) is 4.05. The summed E-state index contributed by atoms with van der Waals surface area (Å²) in [5, 5.41) is 4.40. The van der Waals surface area contributed by atoms with E-state index in [1.807, 2.05) is 25.5 Å². The van der Waals surface area contributed by atoms with E-state index in [0.717, 1.165) is 19.1 Å². The summed E-state index contributed by atoms with van der Waals surface area (Å²) in [6.07, 6.45) is 3.65. The minimum absolute atomic E-state index is 0.133. The van der Waals surface area contributed by atoms with Gasteiger partial charge in [-0.25, -0.2) is 4.79 Å². The molecule has 0 unspecified atom stereocenters. The fourth-order valence-corrected chi connectivity index (χ4v) is 3.23. The van der Waals surface area contributed by atoms with Gasteiger partial charge in [-0.1, -0.05) is 25.6 Å². The second kappa shape index (κ2) is 7.66. The standard InChI is InChI=1S/C19H29N3O3Si/c1-19(2,3)25-18(24)21-10-7-16(8-11-21)22-17(9-12-26(4,5)6)15(14-23)13-20-22/h13-14,16H,7-8,10-11H2,1-6H3. The van der Waals surface area contributed by atoms with Gasteiger partial charge in [-0.2, -0.15) is 5.10 Å². The highest BCUT2D eigenvalue weighted by molar-refractivity contribution is 6.83. The smallest absolute Gasteiger partial charge is 0.410 e. The van der Waals surface area contributed by atoms with Crippen molar-refractivity contribution in [3.63, 3.8) is 0 Å². The third-order valence-corrected chi connectivity index (χ3v) is 4.84. The molecule has 7 heteroatoms. The lowest BCUT2D eigenvalue weighted by molar-refractivity contribution is 0.0184. The zero-order valence-electron chi connectivity index (χ0n) is 16.6. The van der Waals surface area contributed by atoms with Crippen molar-refractivity contribution in [3.8, 4) is 11.5 Å². The van der Waals surface area contributed by atoms with E-state index >= 15 is 0 Å². The maximum atomic E-state index is 12.2. The number of hydrogen-bond donors (Lipinski definition) is 0. The zero-order chi connectivity index (χ0) is 19.5. The Morgan fingerprint density at radius 3 is 2.42 bits per heavy atom. The molecular formula is C19H29N3O3Si. The molecule has 1 aliphatic heterocycles. The van der Waals surface area contributed by atoms with E-state index in [4.69, 9.17) is 4.74 Å². The van der Waals surface area contributed by atoms with E-state index in [-0.39, 0.29) is 12.1 Å². The Morgan fingerprint density at radius 1 is 1.31 bits per heavy atom. The van der Waals surface area contributed by atoms with Gasteiger partial charge in [0.15, 0.2) is 6.29 Å². The summed E-state index contributed by atoms with van der Waals surface area (Å²) in [6, 6.07) is 0.133. The van der Waals surface area contributed by atoms with Crippen LogP contribution in [0, 0.1) is 11.5 Å². The molecule has 1 aliphatic rings. The van der Waals surface area contributed by atoms with Gasteiger partial charge in [0.05, 0.1) is 17.8 Å². The highest BCUT2D eigenvalue weighted by Gasteiger charge is 2.29. The first kappa shape index (κ1) is 20.2. The number of likely N-dealkylation sites (tertiary alicyclic amines) is 1. The largest absolute Gasteiger partial charge is 0.444 e. The minimum atomic E-state index is -1.56. The van der Waals surface area contributed by atoms with Crippen LogP contribution in [0.5, 0.6) is 0 Å². The number of nitrogens with zero attached hydrogens (tertiary/aromatic N) is 3. The molecule has 0 atom stereocenters. The third kappa shape index (κ3) is 5.46. The summed E-state index contributed by atoms with van der Waals surface area (Å²) >= 11 is 0. The molecule has 0 aromatic carbocycles. The van der Waals surface area contributed by atoms with Crippen molar-refractivity contribution in [1.29, 1.82) is 0 Å². The number of piperidine rings is 1. The van der Waals surface area contributed by atoms with E-state index in [9.17, 15) is 9.59 Å². The average molecular weight is 376 g/mol. The highest BCUT2D eigenvalue weighted by Crippen LogP contribution is 2.25. The van der Waals surface area contributed by atoms with Gasteiger partial charge < -0.3 is 9.64 Å². The predicted molar refractivity (Wildman–Crippen MR) is 104 cm³/mol. The molecule has 1 aromatic rings. The van der Waals surface area contributed by atoms with Gasteiger partial charge in [0.1, 0.15) is 19.4 Å². The Labute approximate surface area is 156 Å². The average Bonchev–Trinajstić information content (AvgIpc) is 2.93. The number of hydrogen-bond acceptors (Lipinski definition) is 4. The van der Waals surface area contributed by atoms with E-state index < -0.39 is 13.7 Å². The number of ether oxygens (including phenoxy) is 1. The van der Waals surface area contributed by atoms with Crippen LogP contribution in [0.3, 0.4) is 0 Å². The van der Waals surface area contributed by atoms with Crippen molar-refractivity contribution in [2.45, 2.75) is 64.9 Å². The normalized spacial score (nSPS) is 16.0. The lowest BCUT2D eigenvalue weighted by atomic mass is 10.1. The van der Waals surface area contributed by atoms with Crippen LogP contribution in [0.15, 0.2) is 6.20 Å². The Morgan fingerprint density at radius 2 is 1.92 bits per heavy atom. The van der Waals surface area contributed by atoms with E-state index in [0.29, 0.717) is 24.3 Å². The first-order chi connectivity index (χ1) is 12.0. The Hall–Kier alpha value is -2.07. The Bertz CT molecular complexity index is 724. The van der Waals surface area contributed by atoms with E-state index in [1.54, 1.807) is 11.1 Å². The molecule has 2 rings (SSSR count). The maximum absolute atomic E-state index is 12.2. The molecule has 26 heavy (non-hydrogen) atoms. The van der Waals surface area contributed by atoms with Crippen molar-refractivity contribution in [3.05, 3.63) is 17.5 Å². The summed E-state index contributed by atoms with van der Waals surface area (Å²) in [6.45, 7) is 13.3.